The normalized spacial score (nSPS) is 13.1. The summed E-state index contributed by atoms with van der Waals surface area (Å²) in [6, 6.07) is 40.1. The van der Waals surface area contributed by atoms with Crippen LogP contribution in [-0.4, -0.2) is 16.6 Å². The van der Waals surface area contributed by atoms with E-state index in [1.807, 2.05) is 0 Å². The Labute approximate surface area is 258 Å². The van der Waals surface area contributed by atoms with Gasteiger partial charge in [-0.3, -0.25) is 0 Å². The van der Waals surface area contributed by atoms with Gasteiger partial charge in [0.05, 0.1) is 6.16 Å². The maximum Gasteiger partial charge on any atom is 0.250 e. The third-order valence-corrected chi connectivity index (χ3v) is 22.4. The van der Waals surface area contributed by atoms with Gasteiger partial charge in [0.2, 0.25) is 16.6 Å². The Kier molecular flexibility index (Phi) is 9.33. The highest BCUT2D eigenvalue weighted by Gasteiger charge is 2.46. The van der Waals surface area contributed by atoms with Crippen LogP contribution in [0.5, 0.6) is 11.5 Å². The van der Waals surface area contributed by atoms with Gasteiger partial charge in [0, 0.05) is 6.07 Å². The van der Waals surface area contributed by atoms with E-state index in [9.17, 15) is 0 Å². The largest absolute Gasteiger partial charge is 0.543 e. The fourth-order valence-corrected chi connectivity index (χ4v) is 11.0. The molecule has 5 heteroatoms. The van der Waals surface area contributed by atoms with Crippen LogP contribution in [0, 0.1) is 0 Å². The van der Waals surface area contributed by atoms with Crippen LogP contribution in [0.2, 0.25) is 36.3 Å². The van der Waals surface area contributed by atoms with Crippen molar-refractivity contribution in [3.8, 4) is 11.5 Å². The first-order valence-corrected chi connectivity index (χ1v) is 22.9. The van der Waals surface area contributed by atoms with Gasteiger partial charge in [-0.25, -0.2) is 0 Å². The zero-order valence-corrected chi connectivity index (χ0v) is 30.3. The zero-order valence-electron chi connectivity index (χ0n) is 27.4. The first-order chi connectivity index (χ1) is 19.6. The average molecular weight is 614 g/mol. The fraction of sp³-hybridized carbons (Fsp3) is 0.351. The SMILES string of the molecule is CC(C)(C)[Si](C)(C)Oc1cc(C[P+](c2ccccc2)(c2ccccc2)c2ccccc2)cc(O[Si](C)(C)C(C)(C)C)c1. The molecule has 0 aromatic heterocycles. The predicted molar refractivity (Wildman–Crippen MR) is 191 cm³/mol. The van der Waals surface area contributed by atoms with Crippen LogP contribution < -0.4 is 24.8 Å². The summed E-state index contributed by atoms with van der Waals surface area (Å²) >= 11 is 0. The van der Waals surface area contributed by atoms with Crippen molar-refractivity contribution >= 4 is 39.8 Å². The van der Waals surface area contributed by atoms with Crippen LogP contribution in [0.15, 0.2) is 109 Å². The molecule has 4 aromatic carbocycles. The smallest absolute Gasteiger partial charge is 0.250 e. The molecular weight excluding hydrogens is 564 g/mol. The summed E-state index contributed by atoms with van der Waals surface area (Å²) in [5.41, 5.74) is 1.25. The minimum atomic E-state index is -2.07. The number of hydrogen-bond donors (Lipinski definition) is 0. The Morgan fingerprint density at radius 3 is 1.10 bits per heavy atom. The van der Waals surface area contributed by atoms with Gasteiger partial charge in [-0.2, -0.15) is 0 Å². The van der Waals surface area contributed by atoms with Gasteiger partial charge in [-0.05, 0) is 90.4 Å². The third-order valence-electron chi connectivity index (χ3n) is 9.31. The van der Waals surface area contributed by atoms with Crippen molar-refractivity contribution in [3.63, 3.8) is 0 Å². The summed E-state index contributed by atoms with van der Waals surface area (Å²) in [6.07, 6.45) is 0.883. The standard InChI is InChI=1S/C37H50O2PSi2/c1-36(2,3)41(7,8)38-31-26-30(27-32(28-31)39-42(9,10)37(4,5)6)29-40(33-20-14-11-15-21-33,34-22-16-12-17-23-34)35-24-18-13-19-25-35/h11-28H,29H2,1-10H3/q+1. The van der Waals surface area contributed by atoms with E-state index < -0.39 is 23.9 Å². The maximum atomic E-state index is 6.97. The van der Waals surface area contributed by atoms with E-state index in [0.29, 0.717) is 0 Å². The molecule has 0 bridgehead atoms. The minimum absolute atomic E-state index is 0.0956. The fourth-order valence-electron chi connectivity index (χ4n) is 4.78. The second kappa shape index (κ2) is 12.1. The highest BCUT2D eigenvalue weighted by Crippen LogP contribution is 2.58. The maximum absolute atomic E-state index is 6.97. The molecule has 4 rings (SSSR count). The Hall–Kier alpha value is -2.66. The van der Waals surface area contributed by atoms with E-state index in [-0.39, 0.29) is 10.1 Å². The molecule has 0 spiro atoms. The van der Waals surface area contributed by atoms with E-state index in [1.165, 1.54) is 21.5 Å². The first kappa shape index (κ1) is 32.3. The molecule has 0 radical (unpaired) electrons. The summed E-state index contributed by atoms with van der Waals surface area (Å²) in [4.78, 5) is 0. The Balaban J connectivity index is 1.95. The number of rotatable bonds is 9. The molecule has 0 fully saturated rings. The molecule has 0 aliphatic carbocycles. The summed E-state index contributed by atoms with van der Waals surface area (Å²) in [6.45, 7) is 23.1. The minimum Gasteiger partial charge on any atom is -0.543 e. The number of hydrogen-bond acceptors (Lipinski definition) is 2. The lowest BCUT2D eigenvalue weighted by Gasteiger charge is -2.38. The molecule has 0 N–H and O–H groups in total. The van der Waals surface area contributed by atoms with Crippen molar-refractivity contribution in [2.75, 3.05) is 0 Å². The molecule has 0 amide bonds. The summed E-state index contributed by atoms with van der Waals surface area (Å²) in [5.74, 6) is 1.86. The van der Waals surface area contributed by atoms with Crippen LogP contribution in [0.3, 0.4) is 0 Å². The molecule has 0 saturated heterocycles. The van der Waals surface area contributed by atoms with Gasteiger partial charge >= 0.3 is 0 Å². The molecule has 2 nitrogen and oxygen atoms in total. The molecule has 0 unspecified atom stereocenters. The van der Waals surface area contributed by atoms with Gasteiger partial charge < -0.3 is 8.85 Å². The van der Waals surface area contributed by atoms with Gasteiger partial charge in [0.15, 0.2) is 0 Å². The Morgan fingerprint density at radius 2 is 0.810 bits per heavy atom. The lowest BCUT2D eigenvalue weighted by molar-refractivity contribution is 0.474. The van der Waals surface area contributed by atoms with Crippen molar-refractivity contribution < 1.29 is 8.85 Å². The molecule has 0 heterocycles. The number of benzene rings is 4. The van der Waals surface area contributed by atoms with Crippen LogP contribution in [-0.2, 0) is 6.16 Å². The summed E-state index contributed by atoms with van der Waals surface area (Å²) < 4.78 is 13.9. The highest BCUT2D eigenvalue weighted by molar-refractivity contribution is 7.95. The molecule has 0 saturated carbocycles. The van der Waals surface area contributed by atoms with E-state index in [0.717, 1.165) is 17.7 Å². The molecule has 42 heavy (non-hydrogen) atoms. The van der Waals surface area contributed by atoms with E-state index in [2.05, 4.69) is 177 Å². The Bertz CT molecular complexity index is 1310. The molecular formula is C37H50O2PSi2+. The predicted octanol–water partition coefficient (Wildman–Crippen LogP) is 9.95. The van der Waals surface area contributed by atoms with E-state index >= 15 is 0 Å². The van der Waals surface area contributed by atoms with Gasteiger partial charge in [0.25, 0.3) is 0 Å². The Morgan fingerprint density at radius 1 is 0.500 bits per heavy atom. The summed E-state index contributed by atoms with van der Waals surface area (Å²) in [5, 5.41) is 4.33. The molecule has 222 valence electrons. The molecule has 0 aliphatic heterocycles. The van der Waals surface area contributed by atoms with Gasteiger partial charge in [0.1, 0.15) is 34.7 Å². The monoisotopic (exact) mass is 613 g/mol. The van der Waals surface area contributed by atoms with Crippen molar-refractivity contribution in [1.29, 1.82) is 0 Å². The summed E-state index contributed by atoms with van der Waals surface area (Å²) in [7, 11) is -6.22. The lowest BCUT2D eigenvalue weighted by atomic mass is 10.2. The van der Waals surface area contributed by atoms with Crippen molar-refractivity contribution in [1.82, 2.24) is 0 Å². The van der Waals surface area contributed by atoms with Crippen molar-refractivity contribution in [2.24, 2.45) is 0 Å². The second-order valence-corrected chi connectivity index (χ2v) is 27.4. The second-order valence-electron chi connectivity index (χ2n) is 14.5. The third kappa shape index (κ3) is 6.93. The van der Waals surface area contributed by atoms with Gasteiger partial charge in [-0.15, -0.1) is 0 Å². The molecule has 0 atom stereocenters. The van der Waals surface area contributed by atoms with E-state index in [4.69, 9.17) is 8.85 Å². The van der Waals surface area contributed by atoms with Crippen molar-refractivity contribution in [3.05, 3.63) is 115 Å². The van der Waals surface area contributed by atoms with Crippen LogP contribution in [0.1, 0.15) is 47.1 Å². The quantitative estimate of drug-likeness (QED) is 0.138. The lowest BCUT2D eigenvalue weighted by Crippen LogP contribution is -2.44. The zero-order chi connectivity index (χ0) is 30.8. The van der Waals surface area contributed by atoms with Crippen LogP contribution in [0.4, 0.5) is 0 Å². The molecule has 4 aromatic rings. The average Bonchev–Trinajstić information content (AvgIpc) is 2.91. The van der Waals surface area contributed by atoms with Gasteiger partial charge in [-0.1, -0.05) is 96.1 Å². The van der Waals surface area contributed by atoms with Crippen LogP contribution >= 0.6 is 7.26 Å². The van der Waals surface area contributed by atoms with Crippen molar-refractivity contribution in [2.45, 2.75) is 84.0 Å². The van der Waals surface area contributed by atoms with E-state index in [1.54, 1.807) is 0 Å². The van der Waals surface area contributed by atoms with Crippen LogP contribution in [0.25, 0.3) is 0 Å². The highest BCUT2D eigenvalue weighted by atomic mass is 31.2. The molecule has 0 aliphatic rings. The topological polar surface area (TPSA) is 18.5 Å². The first-order valence-electron chi connectivity index (χ1n) is 15.1.